The van der Waals surface area contributed by atoms with Crippen molar-refractivity contribution < 1.29 is 9.53 Å². The zero-order chi connectivity index (χ0) is 22.8. The second-order valence-corrected chi connectivity index (χ2v) is 9.90. The minimum atomic E-state index is -0.271. The molecule has 7 nitrogen and oxygen atoms in total. The second-order valence-electron chi connectivity index (χ2n) is 9.90. The molecule has 0 spiro atoms. The fraction of sp³-hybridized carbons (Fsp3) is 0.583. The first-order valence-corrected chi connectivity index (χ1v) is 11.0. The molecule has 7 heteroatoms. The number of fused-ring (bicyclic) bond motifs is 1. The molecule has 0 atom stereocenters. The molecule has 168 valence electrons. The SMILES string of the molecule is CCC(C)(C)Oc1ccnc(-c2nc3c(c(N(C)CC(=O)NC(C)(C)C)n2)CCC3)c1. The Kier molecular flexibility index (Phi) is 6.53. The highest BCUT2D eigenvalue weighted by Crippen LogP contribution is 2.31. The van der Waals surface area contributed by atoms with Crippen LogP contribution in [0.2, 0.25) is 0 Å². The summed E-state index contributed by atoms with van der Waals surface area (Å²) in [7, 11) is 1.91. The Morgan fingerprint density at radius 3 is 2.61 bits per heavy atom. The molecule has 0 saturated heterocycles. The van der Waals surface area contributed by atoms with Crippen molar-refractivity contribution in [3.05, 3.63) is 29.6 Å². The Hall–Kier alpha value is -2.70. The van der Waals surface area contributed by atoms with Gasteiger partial charge in [0.15, 0.2) is 5.82 Å². The first-order chi connectivity index (χ1) is 14.5. The van der Waals surface area contributed by atoms with Crippen molar-refractivity contribution in [3.63, 3.8) is 0 Å². The molecule has 0 bridgehead atoms. The molecule has 0 aliphatic heterocycles. The molecule has 0 radical (unpaired) electrons. The number of ether oxygens (including phenoxy) is 1. The van der Waals surface area contributed by atoms with Gasteiger partial charge in [-0.2, -0.15) is 0 Å². The zero-order valence-corrected chi connectivity index (χ0v) is 19.9. The summed E-state index contributed by atoms with van der Waals surface area (Å²) in [5, 5.41) is 3.02. The maximum absolute atomic E-state index is 12.5. The van der Waals surface area contributed by atoms with Gasteiger partial charge in [-0.15, -0.1) is 0 Å². The molecule has 0 aromatic carbocycles. The number of aryl methyl sites for hydroxylation is 1. The number of pyridine rings is 1. The van der Waals surface area contributed by atoms with Crippen LogP contribution in [-0.2, 0) is 17.6 Å². The molecule has 2 aromatic rings. The van der Waals surface area contributed by atoms with E-state index < -0.39 is 0 Å². The summed E-state index contributed by atoms with van der Waals surface area (Å²) in [5.41, 5.74) is 2.32. The van der Waals surface area contributed by atoms with E-state index in [0.29, 0.717) is 11.5 Å². The number of nitrogens with one attached hydrogen (secondary N) is 1. The van der Waals surface area contributed by atoms with Gasteiger partial charge in [0.2, 0.25) is 5.91 Å². The van der Waals surface area contributed by atoms with Crippen LogP contribution in [0.5, 0.6) is 5.75 Å². The molecular formula is C24H35N5O2. The van der Waals surface area contributed by atoms with Crippen molar-refractivity contribution in [2.45, 2.75) is 78.4 Å². The van der Waals surface area contributed by atoms with E-state index in [-0.39, 0.29) is 23.6 Å². The molecule has 1 aliphatic rings. The van der Waals surface area contributed by atoms with Gasteiger partial charge < -0.3 is 15.0 Å². The van der Waals surface area contributed by atoms with Crippen LogP contribution in [0.4, 0.5) is 5.82 Å². The topological polar surface area (TPSA) is 80.2 Å². The Labute approximate surface area is 185 Å². The number of hydrogen-bond acceptors (Lipinski definition) is 6. The number of carbonyl (C=O) groups is 1. The molecule has 0 unspecified atom stereocenters. The lowest BCUT2D eigenvalue weighted by Crippen LogP contribution is -2.45. The van der Waals surface area contributed by atoms with Gasteiger partial charge in [-0.1, -0.05) is 6.92 Å². The number of aromatic nitrogens is 3. The van der Waals surface area contributed by atoms with Crippen LogP contribution in [0.3, 0.4) is 0 Å². The third kappa shape index (κ3) is 5.93. The van der Waals surface area contributed by atoms with Crippen molar-refractivity contribution >= 4 is 11.7 Å². The quantitative estimate of drug-likeness (QED) is 0.724. The lowest BCUT2D eigenvalue weighted by atomic mass is 10.1. The molecular weight excluding hydrogens is 390 g/mol. The molecule has 1 amide bonds. The number of hydrogen-bond donors (Lipinski definition) is 1. The van der Waals surface area contributed by atoms with Gasteiger partial charge >= 0.3 is 0 Å². The van der Waals surface area contributed by atoms with E-state index in [0.717, 1.165) is 48.5 Å². The van der Waals surface area contributed by atoms with Gasteiger partial charge in [0.1, 0.15) is 22.9 Å². The van der Waals surface area contributed by atoms with Crippen molar-refractivity contribution in [3.8, 4) is 17.3 Å². The highest BCUT2D eigenvalue weighted by molar-refractivity contribution is 5.82. The summed E-state index contributed by atoms with van der Waals surface area (Å²) < 4.78 is 6.12. The summed E-state index contributed by atoms with van der Waals surface area (Å²) in [6.45, 7) is 12.4. The van der Waals surface area contributed by atoms with Crippen LogP contribution in [-0.4, -0.2) is 45.6 Å². The van der Waals surface area contributed by atoms with Crippen LogP contribution in [0, 0.1) is 0 Å². The Bertz CT molecular complexity index is 949. The monoisotopic (exact) mass is 425 g/mol. The summed E-state index contributed by atoms with van der Waals surface area (Å²) in [6, 6.07) is 3.75. The predicted octanol–water partition coefficient (Wildman–Crippen LogP) is 3.95. The van der Waals surface area contributed by atoms with Gasteiger partial charge in [0.25, 0.3) is 0 Å². The second kappa shape index (κ2) is 8.81. The van der Waals surface area contributed by atoms with Gasteiger partial charge in [0, 0.05) is 36.1 Å². The van der Waals surface area contributed by atoms with E-state index in [2.05, 4.69) is 31.1 Å². The lowest BCUT2D eigenvalue weighted by Gasteiger charge is -2.25. The minimum absolute atomic E-state index is 0.0303. The number of likely N-dealkylation sites (N-methyl/N-ethyl adjacent to an activating group) is 1. The van der Waals surface area contributed by atoms with Crippen LogP contribution < -0.4 is 15.0 Å². The normalized spacial score (nSPS) is 13.6. The third-order valence-corrected chi connectivity index (χ3v) is 5.37. The Morgan fingerprint density at radius 1 is 1.19 bits per heavy atom. The van der Waals surface area contributed by atoms with E-state index in [4.69, 9.17) is 14.7 Å². The van der Waals surface area contributed by atoms with Crippen molar-refractivity contribution in [1.29, 1.82) is 0 Å². The van der Waals surface area contributed by atoms with Crippen molar-refractivity contribution in [2.75, 3.05) is 18.5 Å². The number of carbonyl (C=O) groups excluding carboxylic acids is 1. The van der Waals surface area contributed by atoms with E-state index in [9.17, 15) is 4.79 Å². The smallest absolute Gasteiger partial charge is 0.239 e. The fourth-order valence-electron chi connectivity index (χ4n) is 3.58. The van der Waals surface area contributed by atoms with Crippen LogP contribution in [0.1, 0.15) is 65.6 Å². The van der Waals surface area contributed by atoms with Crippen molar-refractivity contribution in [1.82, 2.24) is 20.3 Å². The maximum Gasteiger partial charge on any atom is 0.239 e. The number of rotatable bonds is 7. The Morgan fingerprint density at radius 2 is 1.94 bits per heavy atom. The summed E-state index contributed by atoms with van der Waals surface area (Å²) in [6.07, 6.45) is 5.51. The number of nitrogens with zero attached hydrogens (tertiary/aromatic N) is 4. The lowest BCUT2D eigenvalue weighted by molar-refractivity contribution is -0.121. The summed E-state index contributed by atoms with van der Waals surface area (Å²) in [5.74, 6) is 2.10. The summed E-state index contributed by atoms with van der Waals surface area (Å²) in [4.78, 5) is 28.5. The Balaban J connectivity index is 1.91. The van der Waals surface area contributed by atoms with Crippen molar-refractivity contribution in [2.24, 2.45) is 0 Å². The standard InChI is InChI=1S/C24H35N5O2/c1-8-24(5,6)31-16-12-13-25-19(14-16)21-26-18-11-9-10-17(18)22(27-21)29(7)15-20(30)28-23(2,3)4/h12-14H,8-11,15H2,1-7H3,(H,28,30). The first kappa shape index (κ1) is 23.0. The molecule has 2 aromatic heterocycles. The fourth-order valence-corrected chi connectivity index (χ4v) is 3.58. The summed E-state index contributed by atoms with van der Waals surface area (Å²) >= 11 is 0. The zero-order valence-electron chi connectivity index (χ0n) is 19.9. The molecule has 1 N–H and O–H groups in total. The van der Waals surface area contributed by atoms with Gasteiger partial charge in [-0.3, -0.25) is 9.78 Å². The minimum Gasteiger partial charge on any atom is -0.488 e. The highest BCUT2D eigenvalue weighted by Gasteiger charge is 2.25. The maximum atomic E-state index is 12.5. The molecule has 1 aliphatic carbocycles. The average Bonchev–Trinajstić information content (AvgIpc) is 3.14. The number of amides is 1. The third-order valence-electron chi connectivity index (χ3n) is 5.37. The van der Waals surface area contributed by atoms with Gasteiger partial charge in [-0.05, 0) is 66.4 Å². The molecule has 0 fully saturated rings. The van der Waals surface area contributed by atoms with Gasteiger partial charge in [0.05, 0.1) is 6.54 Å². The van der Waals surface area contributed by atoms with E-state index in [1.807, 2.05) is 44.9 Å². The molecule has 31 heavy (non-hydrogen) atoms. The molecule has 3 rings (SSSR count). The van der Waals surface area contributed by atoms with Crippen LogP contribution in [0.25, 0.3) is 11.5 Å². The van der Waals surface area contributed by atoms with Gasteiger partial charge in [-0.25, -0.2) is 9.97 Å². The van der Waals surface area contributed by atoms with Crippen LogP contribution >= 0.6 is 0 Å². The highest BCUT2D eigenvalue weighted by atomic mass is 16.5. The largest absolute Gasteiger partial charge is 0.488 e. The number of anilines is 1. The molecule has 2 heterocycles. The van der Waals surface area contributed by atoms with E-state index in [1.54, 1.807) is 6.20 Å². The predicted molar refractivity (Wildman–Crippen MR) is 123 cm³/mol. The van der Waals surface area contributed by atoms with Crippen LogP contribution in [0.15, 0.2) is 18.3 Å². The first-order valence-electron chi connectivity index (χ1n) is 11.0. The average molecular weight is 426 g/mol. The van der Waals surface area contributed by atoms with E-state index >= 15 is 0 Å². The van der Waals surface area contributed by atoms with E-state index in [1.165, 1.54) is 0 Å². The molecule has 0 saturated carbocycles.